The average Bonchev–Trinajstić information content (AvgIpc) is 2.45. The molecule has 3 aliphatic rings. The van der Waals surface area contributed by atoms with Crippen LogP contribution in [0.5, 0.6) is 0 Å². The topological polar surface area (TPSA) is 12.0 Å². The second-order valence-corrected chi connectivity index (χ2v) is 5.74. The predicted molar refractivity (Wildman–Crippen MR) is 71.0 cm³/mol. The molecular weight excluding hydrogens is 206 g/mol. The Morgan fingerprint density at radius 1 is 1.24 bits per heavy atom. The molecule has 0 aliphatic heterocycles. The fraction of sp³-hybridized carbons (Fsp3) is 0.375. The van der Waals surface area contributed by atoms with Crippen molar-refractivity contribution in [3.63, 3.8) is 0 Å². The SMILES string of the molecule is CNC12CC3=CC=Cc4cccc(c4C31C)C2. The molecule has 0 radical (unpaired) electrons. The van der Waals surface area contributed by atoms with Crippen LogP contribution in [0.1, 0.15) is 30.0 Å². The lowest BCUT2D eigenvalue weighted by Crippen LogP contribution is -2.65. The number of benzene rings is 1. The lowest BCUT2D eigenvalue weighted by atomic mass is 9.52. The van der Waals surface area contributed by atoms with E-state index >= 15 is 0 Å². The Balaban J connectivity index is 2.09. The highest BCUT2D eigenvalue weighted by Gasteiger charge is 2.64. The lowest BCUT2D eigenvalue weighted by molar-refractivity contribution is 0.161. The van der Waals surface area contributed by atoms with Crippen molar-refractivity contribution < 1.29 is 0 Å². The van der Waals surface area contributed by atoms with E-state index in [-0.39, 0.29) is 11.0 Å². The minimum atomic E-state index is 0.219. The van der Waals surface area contributed by atoms with Crippen LogP contribution in [0.2, 0.25) is 0 Å². The van der Waals surface area contributed by atoms with E-state index in [0.717, 1.165) is 0 Å². The van der Waals surface area contributed by atoms with Gasteiger partial charge in [0.15, 0.2) is 0 Å². The van der Waals surface area contributed by atoms with Crippen molar-refractivity contribution in [1.29, 1.82) is 0 Å². The van der Waals surface area contributed by atoms with Crippen LogP contribution in [-0.4, -0.2) is 12.6 Å². The first-order valence-corrected chi connectivity index (χ1v) is 6.40. The van der Waals surface area contributed by atoms with E-state index in [2.05, 4.69) is 55.7 Å². The number of hydrogen-bond acceptors (Lipinski definition) is 1. The van der Waals surface area contributed by atoms with Crippen LogP contribution in [0.4, 0.5) is 0 Å². The van der Waals surface area contributed by atoms with Gasteiger partial charge in [-0.1, -0.05) is 42.0 Å². The number of rotatable bonds is 1. The molecule has 17 heavy (non-hydrogen) atoms. The smallest absolute Gasteiger partial charge is 0.0389 e. The summed E-state index contributed by atoms with van der Waals surface area (Å²) in [7, 11) is 2.12. The molecule has 1 heteroatoms. The van der Waals surface area contributed by atoms with Crippen molar-refractivity contribution in [1.82, 2.24) is 5.32 Å². The van der Waals surface area contributed by atoms with Gasteiger partial charge in [0.1, 0.15) is 0 Å². The molecular formula is C16H17N. The van der Waals surface area contributed by atoms with Gasteiger partial charge in [0.05, 0.1) is 0 Å². The van der Waals surface area contributed by atoms with Crippen LogP contribution in [0.25, 0.3) is 6.08 Å². The summed E-state index contributed by atoms with van der Waals surface area (Å²) in [6.07, 6.45) is 9.17. The molecule has 0 spiro atoms. The van der Waals surface area contributed by atoms with Crippen molar-refractivity contribution in [3.05, 3.63) is 52.6 Å². The maximum atomic E-state index is 3.62. The third-order valence-electron chi connectivity index (χ3n) is 5.32. The molecule has 2 atom stereocenters. The zero-order chi connectivity index (χ0) is 11.7. The van der Waals surface area contributed by atoms with Crippen molar-refractivity contribution >= 4 is 6.08 Å². The molecule has 86 valence electrons. The van der Waals surface area contributed by atoms with Crippen LogP contribution in [0.3, 0.4) is 0 Å². The molecule has 1 N–H and O–H groups in total. The Labute approximate surface area is 102 Å². The van der Waals surface area contributed by atoms with Gasteiger partial charge < -0.3 is 5.32 Å². The van der Waals surface area contributed by atoms with Gasteiger partial charge in [-0.25, -0.2) is 0 Å². The molecule has 4 rings (SSSR count). The highest BCUT2D eigenvalue weighted by molar-refractivity contribution is 5.71. The van der Waals surface area contributed by atoms with E-state index in [9.17, 15) is 0 Å². The molecule has 1 saturated carbocycles. The van der Waals surface area contributed by atoms with Crippen LogP contribution < -0.4 is 5.32 Å². The molecule has 2 unspecified atom stereocenters. The zero-order valence-electron chi connectivity index (χ0n) is 10.4. The van der Waals surface area contributed by atoms with Crippen molar-refractivity contribution in [2.24, 2.45) is 0 Å². The molecule has 0 aromatic heterocycles. The summed E-state index contributed by atoms with van der Waals surface area (Å²) in [4.78, 5) is 0. The predicted octanol–water partition coefficient (Wildman–Crippen LogP) is 2.82. The molecule has 3 aliphatic carbocycles. The molecule has 1 aromatic carbocycles. The fourth-order valence-electron chi connectivity index (χ4n) is 4.28. The molecule has 1 aromatic rings. The summed E-state index contributed by atoms with van der Waals surface area (Å²) in [5.41, 5.74) is 6.59. The Bertz CT molecular complexity index is 581. The van der Waals surface area contributed by atoms with Gasteiger partial charge in [-0.3, -0.25) is 0 Å². The maximum Gasteiger partial charge on any atom is 0.0389 e. The van der Waals surface area contributed by atoms with Gasteiger partial charge >= 0.3 is 0 Å². The van der Waals surface area contributed by atoms with E-state index in [1.54, 1.807) is 11.1 Å². The largest absolute Gasteiger partial charge is 0.313 e. The summed E-state index contributed by atoms with van der Waals surface area (Å²) >= 11 is 0. The monoisotopic (exact) mass is 223 g/mol. The quantitative estimate of drug-likeness (QED) is 0.772. The van der Waals surface area contributed by atoms with E-state index in [4.69, 9.17) is 0 Å². The van der Waals surface area contributed by atoms with Gasteiger partial charge in [0, 0.05) is 11.0 Å². The second-order valence-electron chi connectivity index (χ2n) is 5.74. The Morgan fingerprint density at radius 2 is 2.12 bits per heavy atom. The summed E-state index contributed by atoms with van der Waals surface area (Å²) in [6, 6.07) is 6.75. The molecule has 1 fully saturated rings. The van der Waals surface area contributed by atoms with E-state index in [0.29, 0.717) is 0 Å². The van der Waals surface area contributed by atoms with Crippen LogP contribution in [0, 0.1) is 0 Å². The van der Waals surface area contributed by atoms with Crippen molar-refractivity contribution in [2.75, 3.05) is 7.05 Å². The van der Waals surface area contributed by atoms with Crippen LogP contribution in [-0.2, 0) is 11.8 Å². The zero-order valence-corrected chi connectivity index (χ0v) is 10.4. The summed E-state index contributed by atoms with van der Waals surface area (Å²) in [5.74, 6) is 0. The van der Waals surface area contributed by atoms with Crippen LogP contribution >= 0.6 is 0 Å². The first-order chi connectivity index (χ1) is 8.21. The standard InChI is InChI=1S/C16H17N/c1-15-13-8-4-6-11-5-3-7-12(14(11)15)9-16(15,10-13)17-2/h3-8,17H,9-10H2,1-2H3. The second kappa shape index (κ2) is 2.73. The van der Waals surface area contributed by atoms with Gasteiger partial charge in [-0.2, -0.15) is 0 Å². The van der Waals surface area contributed by atoms with E-state index in [1.165, 1.54) is 24.0 Å². The normalized spacial score (nSPS) is 36.0. The number of nitrogens with one attached hydrogen (secondary N) is 1. The number of hydrogen-bond donors (Lipinski definition) is 1. The number of likely N-dealkylation sites (N-methyl/N-ethyl adjacent to an activating group) is 1. The molecule has 0 saturated heterocycles. The molecule has 0 bridgehead atoms. The fourth-order valence-corrected chi connectivity index (χ4v) is 4.28. The average molecular weight is 223 g/mol. The third kappa shape index (κ3) is 0.847. The minimum Gasteiger partial charge on any atom is -0.313 e. The van der Waals surface area contributed by atoms with Gasteiger partial charge in [0.25, 0.3) is 0 Å². The van der Waals surface area contributed by atoms with Crippen molar-refractivity contribution in [2.45, 2.75) is 30.7 Å². The third-order valence-corrected chi connectivity index (χ3v) is 5.32. The molecule has 1 nitrogen and oxygen atoms in total. The van der Waals surface area contributed by atoms with Gasteiger partial charge in [-0.05, 0) is 43.5 Å². The summed E-state index contributed by atoms with van der Waals surface area (Å²) < 4.78 is 0. The van der Waals surface area contributed by atoms with Crippen LogP contribution in [0.15, 0.2) is 35.9 Å². The van der Waals surface area contributed by atoms with Gasteiger partial charge in [-0.15, -0.1) is 0 Å². The lowest BCUT2D eigenvalue weighted by Gasteiger charge is -2.56. The first-order valence-electron chi connectivity index (χ1n) is 6.40. The first kappa shape index (κ1) is 9.67. The summed E-state index contributed by atoms with van der Waals surface area (Å²) in [5, 5.41) is 3.62. The van der Waals surface area contributed by atoms with Crippen molar-refractivity contribution in [3.8, 4) is 0 Å². The number of allylic oxidation sites excluding steroid dienone is 2. The maximum absolute atomic E-state index is 3.62. The minimum absolute atomic E-state index is 0.219. The Morgan fingerprint density at radius 3 is 2.94 bits per heavy atom. The summed E-state index contributed by atoms with van der Waals surface area (Å²) in [6.45, 7) is 2.42. The van der Waals surface area contributed by atoms with E-state index < -0.39 is 0 Å². The Hall–Kier alpha value is -1.34. The highest BCUT2D eigenvalue weighted by Crippen LogP contribution is 2.63. The highest BCUT2D eigenvalue weighted by atomic mass is 15.0. The Kier molecular flexibility index (Phi) is 1.55. The molecule has 0 heterocycles. The van der Waals surface area contributed by atoms with Gasteiger partial charge in [0.2, 0.25) is 0 Å². The van der Waals surface area contributed by atoms with E-state index in [1.807, 2.05) is 0 Å². The molecule has 0 amide bonds.